The maximum Gasteiger partial charge on any atom is 1.00 e. The van der Waals surface area contributed by atoms with Gasteiger partial charge in [0.05, 0.1) is 27.8 Å². The Bertz CT molecular complexity index is 2160. The molecule has 384 valence electrons. The van der Waals surface area contributed by atoms with E-state index >= 15 is 0 Å². The number of hydrogen-bond acceptors (Lipinski definition) is 13. The molecule has 4 amide bonds. The number of aliphatic hydroxyl groups excluding tert-OH is 1. The second kappa shape index (κ2) is 27.5. The number of anilines is 2. The van der Waals surface area contributed by atoms with Crippen molar-refractivity contribution in [3.05, 3.63) is 43.3 Å². The molecular weight excluding hydrogens is 1090 g/mol. The largest absolute Gasteiger partial charge is 1.00 e. The van der Waals surface area contributed by atoms with Crippen molar-refractivity contribution in [1.29, 1.82) is 0 Å². The fourth-order valence-corrected chi connectivity index (χ4v) is 8.47. The molecule has 0 spiro atoms. The van der Waals surface area contributed by atoms with Crippen LogP contribution in [0.3, 0.4) is 0 Å². The summed E-state index contributed by atoms with van der Waals surface area (Å²) in [6, 6.07) is 6.80. The molecule has 1 N–H and O–H groups in total. The van der Waals surface area contributed by atoms with Crippen LogP contribution in [-0.4, -0.2) is 142 Å². The molecule has 70 heavy (non-hydrogen) atoms. The van der Waals surface area contributed by atoms with E-state index in [2.05, 4.69) is 36.6 Å². The quantitative estimate of drug-likeness (QED) is 0.143. The van der Waals surface area contributed by atoms with E-state index in [1.165, 1.54) is 12.8 Å². The monoisotopic (exact) mass is 1160 g/mol. The van der Waals surface area contributed by atoms with Gasteiger partial charge < -0.3 is 53.1 Å². The van der Waals surface area contributed by atoms with Crippen molar-refractivity contribution in [2.75, 3.05) is 68.9 Å². The van der Waals surface area contributed by atoms with Crippen molar-refractivity contribution < 1.29 is 91.9 Å². The second-order valence-corrected chi connectivity index (χ2v) is 21.5. The van der Waals surface area contributed by atoms with E-state index in [0.29, 0.717) is 94.0 Å². The molecule has 23 heteroatoms. The number of carbonyl (C=O) groups is 6. The standard InChI is InChI=1S/C23H28BrClN2O7.C20H26BrClN2O5.C4H8O.BH4.Na/c1-5-19(28)33-20(29)7-6-17-21(30)27(16-9-15(25)14(24)8-18(16)32-17)12-13-10-26(11-13)22(31)34-23(2,3)4;1-20(2,3)29-19(27)23-9-12(10-23)11-24-15-8-14(22)13(21)7-17(15)28-16(18(24)26)5-4-6-25;1-2-4-5-3-1;;/h8-9,13,17H,5-7,10-12H2,1-4H3;7-8,12,16,25H,4-6,9-11H2,1-3H3;1-4H2;1H4;/q;;;-1;+1. The van der Waals surface area contributed by atoms with E-state index < -0.39 is 35.3 Å². The molecule has 0 radical (unpaired) electrons. The third-order valence-corrected chi connectivity index (χ3v) is 13.3. The number of hydrogen-bond donors (Lipinski definition) is 1. The molecule has 3 fully saturated rings. The van der Waals surface area contributed by atoms with Crippen molar-refractivity contribution >= 4 is 111 Å². The topological polar surface area (TPSA) is 191 Å². The van der Waals surface area contributed by atoms with Gasteiger partial charge in [0.15, 0.2) is 12.2 Å². The van der Waals surface area contributed by atoms with Gasteiger partial charge in [0.1, 0.15) is 22.7 Å². The van der Waals surface area contributed by atoms with Crippen LogP contribution < -0.4 is 48.8 Å². The molecule has 3 saturated heterocycles. The molecule has 2 aromatic rings. The summed E-state index contributed by atoms with van der Waals surface area (Å²) in [6.45, 7) is 17.3. The Labute approximate surface area is 461 Å². The first-order valence-electron chi connectivity index (χ1n) is 22.8. The predicted molar refractivity (Wildman–Crippen MR) is 273 cm³/mol. The van der Waals surface area contributed by atoms with Crippen LogP contribution in [0.25, 0.3) is 0 Å². The summed E-state index contributed by atoms with van der Waals surface area (Å²) in [7, 11) is 0. The summed E-state index contributed by atoms with van der Waals surface area (Å²) in [5, 5.41) is 10.0. The fraction of sp³-hybridized carbons (Fsp3) is 0.617. The van der Waals surface area contributed by atoms with Crippen LogP contribution in [0.5, 0.6) is 11.5 Å². The number of aliphatic hydroxyl groups is 1. The molecule has 2 aromatic carbocycles. The van der Waals surface area contributed by atoms with E-state index in [1.807, 2.05) is 20.8 Å². The van der Waals surface area contributed by atoms with E-state index in [4.69, 9.17) is 52.0 Å². The second-order valence-electron chi connectivity index (χ2n) is 19.0. The van der Waals surface area contributed by atoms with Crippen LogP contribution in [0.4, 0.5) is 21.0 Å². The van der Waals surface area contributed by atoms with Crippen LogP contribution in [0, 0.1) is 11.8 Å². The Morgan fingerprint density at radius 3 is 1.49 bits per heavy atom. The van der Waals surface area contributed by atoms with E-state index in [9.17, 15) is 28.8 Å². The van der Waals surface area contributed by atoms with Gasteiger partial charge in [0.2, 0.25) is 0 Å². The summed E-state index contributed by atoms with van der Waals surface area (Å²) in [5.74, 6) is -0.600. The normalized spacial score (nSPS) is 18.6. The molecule has 7 rings (SSSR count). The molecule has 2 atom stereocenters. The number of carbonyl (C=O) groups excluding carboxylic acids is 6. The van der Waals surface area contributed by atoms with Gasteiger partial charge in [-0.3, -0.25) is 19.2 Å². The maximum atomic E-state index is 13.3. The summed E-state index contributed by atoms with van der Waals surface area (Å²) in [4.78, 5) is 80.4. The number of esters is 2. The van der Waals surface area contributed by atoms with E-state index in [1.54, 1.807) is 71.6 Å². The number of rotatable bonds is 11. The van der Waals surface area contributed by atoms with Gasteiger partial charge in [-0.2, -0.15) is 0 Å². The molecule has 0 aliphatic carbocycles. The Hall–Kier alpha value is -2.82. The third-order valence-electron chi connectivity index (χ3n) is 10.9. The maximum absolute atomic E-state index is 13.3. The van der Waals surface area contributed by atoms with Gasteiger partial charge in [-0.15, -0.1) is 0 Å². The third kappa shape index (κ3) is 17.7. The summed E-state index contributed by atoms with van der Waals surface area (Å²) >= 11 is 19.3. The van der Waals surface area contributed by atoms with Gasteiger partial charge in [0.25, 0.3) is 11.8 Å². The van der Waals surface area contributed by atoms with Crippen LogP contribution in [0.15, 0.2) is 33.2 Å². The molecule has 5 heterocycles. The number of ether oxygens (including phenoxy) is 6. The zero-order valence-electron chi connectivity index (χ0n) is 40.6. The Morgan fingerprint density at radius 2 is 1.13 bits per heavy atom. The molecule has 17 nitrogen and oxygen atoms in total. The van der Waals surface area contributed by atoms with Crippen molar-refractivity contribution in [2.24, 2.45) is 11.8 Å². The molecule has 0 aromatic heterocycles. The van der Waals surface area contributed by atoms with Crippen molar-refractivity contribution in [1.82, 2.24) is 9.80 Å². The van der Waals surface area contributed by atoms with Gasteiger partial charge in [-0.05, 0) is 123 Å². The van der Waals surface area contributed by atoms with E-state index in [-0.39, 0.29) is 99.7 Å². The number of fused-ring (bicyclic) bond motifs is 2. The summed E-state index contributed by atoms with van der Waals surface area (Å²) in [6.07, 6.45) is 1.16. The van der Waals surface area contributed by atoms with Crippen molar-refractivity contribution in [2.45, 2.75) is 117 Å². The minimum atomic E-state index is -0.924. The minimum absolute atomic E-state index is 0. The Kier molecular flexibility index (Phi) is 24.1. The van der Waals surface area contributed by atoms with Gasteiger partial charge in [0, 0.05) is 92.7 Å². The first-order valence-corrected chi connectivity index (χ1v) is 25.1. The molecular formula is C47H66BBr2Cl2N4NaO13. The molecule has 5 aliphatic heterocycles. The van der Waals surface area contributed by atoms with Crippen LogP contribution in [0.2, 0.25) is 10.0 Å². The molecule has 5 aliphatic rings. The Balaban J connectivity index is 0.000000330. The zero-order chi connectivity index (χ0) is 50.1. The smallest absolute Gasteiger partial charge is 0.478 e. The first kappa shape index (κ1) is 61.5. The minimum Gasteiger partial charge on any atom is -0.478 e. The van der Waals surface area contributed by atoms with Gasteiger partial charge in [-0.1, -0.05) is 38.5 Å². The molecule has 0 bridgehead atoms. The van der Waals surface area contributed by atoms with Crippen molar-refractivity contribution in [3.8, 4) is 11.5 Å². The number of benzene rings is 2. The summed E-state index contributed by atoms with van der Waals surface area (Å²) in [5.41, 5.74) is 0.0282. The average molecular weight is 1160 g/mol. The van der Waals surface area contributed by atoms with Crippen LogP contribution in [0.1, 0.15) is 93.4 Å². The number of likely N-dealkylation sites (tertiary alicyclic amines) is 2. The number of amides is 4. The van der Waals surface area contributed by atoms with E-state index in [0.717, 1.165) is 13.2 Å². The van der Waals surface area contributed by atoms with Crippen LogP contribution in [-0.2, 0) is 38.1 Å². The Morgan fingerprint density at radius 1 is 0.714 bits per heavy atom. The zero-order valence-corrected chi connectivity index (χ0v) is 47.3. The summed E-state index contributed by atoms with van der Waals surface area (Å²) < 4.78 is 33.5. The number of halogens is 4. The predicted octanol–water partition coefficient (Wildman–Crippen LogP) is 4.51. The fourth-order valence-electron chi connectivity index (χ4n) is 7.50. The first-order chi connectivity index (χ1) is 32.0. The molecule has 2 unspecified atom stereocenters. The van der Waals surface area contributed by atoms with Crippen molar-refractivity contribution in [3.63, 3.8) is 0 Å². The van der Waals surface area contributed by atoms with Crippen LogP contribution >= 0.6 is 55.1 Å². The SMILES string of the molecule is C1CCOC1.CC(C)(C)OC(=O)N1CC(CN2C(=O)C(CCCO)Oc3cc(Br)c(Cl)cc32)C1.CCC(=O)OC(=O)CCC1Oc2cc(Br)c(Cl)cc2N(CC2CN(C(=O)OC(C)(C)C)C2)C1=O.[BH4-].[Na+]. The van der Waals surface area contributed by atoms with Gasteiger partial charge in [-0.25, -0.2) is 9.59 Å². The number of nitrogens with zero attached hydrogens (tertiary/aromatic N) is 4. The van der Waals surface area contributed by atoms with Gasteiger partial charge >= 0.3 is 53.7 Å². The molecule has 0 saturated carbocycles. The average Bonchev–Trinajstić information content (AvgIpc) is 3.81.